The Morgan fingerprint density at radius 1 is 0.283 bits per heavy atom. The molecule has 5 heteroatoms. The molecular formula is C48H56F4Si. The van der Waals surface area contributed by atoms with Gasteiger partial charge < -0.3 is 0 Å². The second-order valence-corrected chi connectivity index (χ2v) is 21.0. The fourth-order valence-electron chi connectivity index (χ4n) is 11.0. The van der Waals surface area contributed by atoms with Gasteiger partial charge in [-0.1, -0.05) is 101 Å². The largest absolute Gasteiger partial charge is 0.207 e. The molecule has 0 atom stereocenters. The third-order valence-corrected chi connectivity index (χ3v) is 18.3. The third kappa shape index (κ3) is 7.84. The SMILES string of the molecule is Fc1cc(C2CCCCC2)cc([Si](c2cc(F)cc(C3CCCCC3)c2)(c2cc(F)cc(C3CCCCC3)c2)c2cc(F)cc(C3CCCCC3)c2)c1. The van der Waals surface area contributed by atoms with Crippen molar-refractivity contribution < 1.29 is 17.6 Å². The molecular weight excluding hydrogens is 681 g/mol. The minimum Gasteiger partial charge on any atom is -0.207 e. The second kappa shape index (κ2) is 16.3. The van der Waals surface area contributed by atoms with Gasteiger partial charge >= 0.3 is 0 Å². The molecule has 4 aliphatic carbocycles. The van der Waals surface area contributed by atoms with Gasteiger partial charge in [0.05, 0.1) is 0 Å². The average molecular weight is 737 g/mol. The van der Waals surface area contributed by atoms with Crippen molar-refractivity contribution in [2.45, 2.75) is 152 Å². The van der Waals surface area contributed by atoms with Crippen LogP contribution in [0.1, 0.15) is 174 Å². The first-order valence-corrected chi connectivity index (χ1v) is 23.1. The standard InChI is InChI=1S/C48H56F4Si/c49-41-21-37(33-13-5-1-6-14-33)25-45(29-41)53(46-26-38(22-42(50)30-46)34-15-7-2-8-16-34,47-27-39(23-43(51)31-47)35-17-9-3-10-18-35)48-28-40(24-44(52)32-48)36-19-11-4-12-20-36/h21-36H,1-20H2. The molecule has 4 aromatic carbocycles. The van der Waals surface area contributed by atoms with Crippen LogP contribution in [-0.2, 0) is 0 Å². The highest BCUT2D eigenvalue weighted by molar-refractivity contribution is 7.20. The van der Waals surface area contributed by atoms with E-state index in [1.807, 2.05) is 0 Å². The highest BCUT2D eigenvalue weighted by Gasteiger charge is 2.45. The summed E-state index contributed by atoms with van der Waals surface area (Å²) in [6.45, 7) is 0. The Balaban J connectivity index is 1.45. The summed E-state index contributed by atoms with van der Waals surface area (Å²) in [5, 5.41) is 3.05. The monoisotopic (exact) mass is 736 g/mol. The van der Waals surface area contributed by atoms with Crippen molar-refractivity contribution in [2.75, 3.05) is 0 Å². The summed E-state index contributed by atoms with van der Waals surface area (Å²) in [7, 11) is -3.77. The zero-order valence-electron chi connectivity index (χ0n) is 31.4. The fraction of sp³-hybridized carbons (Fsp3) is 0.500. The van der Waals surface area contributed by atoms with Gasteiger partial charge in [-0.3, -0.25) is 0 Å². The van der Waals surface area contributed by atoms with E-state index in [0.717, 1.165) is 146 Å². The number of halogens is 4. The molecule has 53 heavy (non-hydrogen) atoms. The number of hydrogen-bond donors (Lipinski definition) is 0. The van der Waals surface area contributed by atoms with E-state index < -0.39 is 8.07 Å². The molecule has 0 unspecified atom stereocenters. The number of benzene rings is 4. The summed E-state index contributed by atoms with van der Waals surface area (Å²) in [5.74, 6) is -0.380. The van der Waals surface area contributed by atoms with E-state index in [-0.39, 0.29) is 46.9 Å². The van der Waals surface area contributed by atoms with Crippen LogP contribution >= 0.6 is 0 Å². The van der Waals surface area contributed by atoms with Gasteiger partial charge in [-0.15, -0.1) is 0 Å². The molecule has 4 saturated carbocycles. The van der Waals surface area contributed by atoms with Crippen LogP contribution in [0.25, 0.3) is 0 Å². The fourth-order valence-corrected chi connectivity index (χ4v) is 16.0. The number of hydrogen-bond acceptors (Lipinski definition) is 0. The maximum atomic E-state index is 16.4. The van der Waals surface area contributed by atoms with E-state index in [9.17, 15) is 0 Å². The predicted molar refractivity (Wildman–Crippen MR) is 213 cm³/mol. The van der Waals surface area contributed by atoms with Crippen LogP contribution < -0.4 is 20.7 Å². The second-order valence-electron chi connectivity index (χ2n) is 17.2. The summed E-state index contributed by atoms with van der Waals surface area (Å²) < 4.78 is 65.6. The van der Waals surface area contributed by atoms with Crippen LogP contribution in [0.3, 0.4) is 0 Å². The molecule has 0 aromatic heterocycles. The lowest BCUT2D eigenvalue weighted by molar-refractivity contribution is 0.442. The molecule has 4 aromatic rings. The summed E-state index contributed by atoms with van der Waals surface area (Å²) >= 11 is 0. The maximum absolute atomic E-state index is 16.4. The van der Waals surface area contributed by atoms with Gasteiger partial charge in [0.2, 0.25) is 0 Å². The van der Waals surface area contributed by atoms with Crippen molar-refractivity contribution >= 4 is 28.8 Å². The first-order chi connectivity index (χ1) is 25.9. The minimum atomic E-state index is -3.77. The van der Waals surface area contributed by atoms with E-state index in [0.29, 0.717) is 0 Å². The smallest absolute Gasteiger partial charge is 0.180 e. The van der Waals surface area contributed by atoms with Gasteiger partial charge in [0.1, 0.15) is 23.3 Å². The lowest BCUT2D eigenvalue weighted by Crippen LogP contribution is -2.75. The van der Waals surface area contributed by atoms with Gasteiger partial charge in [0, 0.05) is 0 Å². The molecule has 8 rings (SSSR count). The molecule has 0 heterocycles. The molecule has 0 amide bonds. The summed E-state index contributed by atoms with van der Waals surface area (Å²) in [6, 6.07) is 22.0. The van der Waals surface area contributed by atoms with Crippen LogP contribution in [-0.4, -0.2) is 8.07 Å². The highest BCUT2D eigenvalue weighted by atomic mass is 28.3. The molecule has 0 nitrogen and oxygen atoms in total. The van der Waals surface area contributed by atoms with E-state index in [1.165, 1.54) is 25.7 Å². The van der Waals surface area contributed by atoms with Gasteiger partial charge in [-0.05, 0) is 167 Å². The molecule has 0 saturated heterocycles. The molecule has 0 N–H and O–H groups in total. The molecule has 0 aliphatic heterocycles. The van der Waals surface area contributed by atoms with Gasteiger partial charge in [0.15, 0.2) is 8.07 Å². The Bertz CT molecular complexity index is 1600. The first kappa shape index (κ1) is 36.8. The van der Waals surface area contributed by atoms with Crippen molar-refractivity contribution in [3.05, 3.63) is 118 Å². The zero-order valence-corrected chi connectivity index (χ0v) is 32.4. The minimum absolute atomic E-state index is 0.228. The Labute approximate surface area is 315 Å². The Kier molecular flexibility index (Phi) is 11.3. The first-order valence-electron chi connectivity index (χ1n) is 21.1. The van der Waals surface area contributed by atoms with Crippen molar-refractivity contribution in [3.8, 4) is 0 Å². The van der Waals surface area contributed by atoms with Crippen molar-refractivity contribution in [1.82, 2.24) is 0 Å². The van der Waals surface area contributed by atoms with Gasteiger partial charge in [-0.2, -0.15) is 0 Å². The van der Waals surface area contributed by atoms with E-state index in [2.05, 4.69) is 24.3 Å². The average Bonchev–Trinajstić information content (AvgIpc) is 3.19. The Morgan fingerprint density at radius 2 is 0.491 bits per heavy atom. The van der Waals surface area contributed by atoms with Crippen LogP contribution in [0.2, 0.25) is 0 Å². The van der Waals surface area contributed by atoms with E-state index >= 15 is 17.6 Å². The van der Waals surface area contributed by atoms with Crippen LogP contribution in [0, 0.1) is 23.3 Å². The van der Waals surface area contributed by atoms with E-state index in [4.69, 9.17) is 0 Å². The van der Waals surface area contributed by atoms with Crippen molar-refractivity contribution in [3.63, 3.8) is 0 Å². The van der Waals surface area contributed by atoms with Gasteiger partial charge in [-0.25, -0.2) is 17.6 Å². The lowest BCUT2D eigenvalue weighted by atomic mass is 9.84. The molecule has 0 radical (unpaired) electrons. The lowest BCUT2D eigenvalue weighted by Gasteiger charge is -2.37. The third-order valence-electron chi connectivity index (χ3n) is 13.7. The normalized spacial score (nSPS) is 20.2. The molecule has 280 valence electrons. The molecule has 4 fully saturated rings. The molecule has 0 spiro atoms. The summed E-state index contributed by atoms with van der Waals surface area (Å²) in [6.07, 6.45) is 21.6. The van der Waals surface area contributed by atoms with Crippen LogP contribution in [0.5, 0.6) is 0 Å². The Hall–Kier alpha value is -3.18. The quantitative estimate of drug-likeness (QED) is 0.0960. The molecule has 0 bridgehead atoms. The number of rotatable bonds is 8. The Morgan fingerprint density at radius 3 is 0.698 bits per heavy atom. The maximum Gasteiger partial charge on any atom is 0.180 e. The zero-order chi connectivity index (χ0) is 36.4. The molecule has 4 aliphatic rings. The van der Waals surface area contributed by atoms with Crippen LogP contribution in [0.15, 0.2) is 72.8 Å². The van der Waals surface area contributed by atoms with Crippen molar-refractivity contribution in [2.24, 2.45) is 0 Å². The van der Waals surface area contributed by atoms with Gasteiger partial charge in [0.25, 0.3) is 0 Å². The predicted octanol–water partition coefficient (Wildman–Crippen LogP) is 11.8. The van der Waals surface area contributed by atoms with Crippen LogP contribution in [0.4, 0.5) is 17.6 Å². The van der Waals surface area contributed by atoms with Crippen molar-refractivity contribution in [1.29, 1.82) is 0 Å². The summed E-state index contributed by atoms with van der Waals surface area (Å²) in [5.41, 5.74) is 3.86. The summed E-state index contributed by atoms with van der Waals surface area (Å²) in [4.78, 5) is 0. The van der Waals surface area contributed by atoms with E-state index in [1.54, 1.807) is 48.5 Å². The topological polar surface area (TPSA) is 0 Å². The highest BCUT2D eigenvalue weighted by Crippen LogP contribution is 2.37.